The zero-order valence-corrected chi connectivity index (χ0v) is 14.0. The SMILES string of the molecule is CC(=O)CCC(C)(C)C(=O)N1CCN(c2ccc(F)cn2)CC1. The first-order valence-corrected chi connectivity index (χ1v) is 7.95. The normalized spacial score (nSPS) is 15.7. The maximum absolute atomic E-state index is 12.9. The van der Waals surface area contributed by atoms with Gasteiger partial charge in [0.05, 0.1) is 6.20 Å². The highest BCUT2D eigenvalue weighted by Gasteiger charge is 2.33. The van der Waals surface area contributed by atoms with Crippen LogP contribution in [0.3, 0.4) is 0 Å². The topological polar surface area (TPSA) is 53.5 Å². The van der Waals surface area contributed by atoms with E-state index in [1.165, 1.54) is 12.3 Å². The summed E-state index contributed by atoms with van der Waals surface area (Å²) in [4.78, 5) is 31.8. The van der Waals surface area contributed by atoms with Crippen LogP contribution in [-0.2, 0) is 9.59 Å². The van der Waals surface area contributed by atoms with Crippen molar-refractivity contribution in [3.05, 3.63) is 24.1 Å². The van der Waals surface area contributed by atoms with E-state index >= 15 is 0 Å². The van der Waals surface area contributed by atoms with Crippen molar-refractivity contribution in [1.82, 2.24) is 9.88 Å². The molecule has 1 amide bonds. The van der Waals surface area contributed by atoms with Gasteiger partial charge < -0.3 is 14.6 Å². The first-order valence-electron chi connectivity index (χ1n) is 7.95. The van der Waals surface area contributed by atoms with Crippen molar-refractivity contribution >= 4 is 17.5 Å². The second-order valence-electron chi connectivity index (χ2n) is 6.70. The molecule has 0 N–H and O–H groups in total. The molecule has 2 rings (SSSR count). The Balaban J connectivity index is 1.91. The van der Waals surface area contributed by atoms with E-state index in [0.29, 0.717) is 39.0 Å². The van der Waals surface area contributed by atoms with Crippen molar-refractivity contribution in [2.24, 2.45) is 5.41 Å². The molecule has 1 aromatic heterocycles. The lowest BCUT2D eigenvalue weighted by Crippen LogP contribution is -2.52. The van der Waals surface area contributed by atoms with Crippen molar-refractivity contribution < 1.29 is 14.0 Å². The standard InChI is InChI=1S/C17H24FN3O2/c1-13(22)6-7-17(2,3)16(23)21-10-8-20(9-11-21)15-5-4-14(18)12-19-15/h4-5,12H,6-11H2,1-3H3. The number of piperazine rings is 1. The molecule has 0 atom stereocenters. The highest BCUT2D eigenvalue weighted by molar-refractivity contribution is 5.83. The molecule has 1 aliphatic rings. The third-order valence-corrected chi connectivity index (χ3v) is 4.28. The summed E-state index contributed by atoms with van der Waals surface area (Å²) in [6.07, 6.45) is 2.21. The van der Waals surface area contributed by atoms with Gasteiger partial charge in [0.25, 0.3) is 0 Å². The third kappa shape index (κ3) is 4.50. The summed E-state index contributed by atoms with van der Waals surface area (Å²) in [6, 6.07) is 3.05. The van der Waals surface area contributed by atoms with Crippen LogP contribution in [0.2, 0.25) is 0 Å². The molecule has 0 spiro atoms. The van der Waals surface area contributed by atoms with Crippen LogP contribution < -0.4 is 4.90 Å². The number of hydrogen-bond acceptors (Lipinski definition) is 4. The minimum atomic E-state index is -0.526. The summed E-state index contributed by atoms with van der Waals surface area (Å²) < 4.78 is 12.9. The molecule has 1 aliphatic heterocycles. The fraction of sp³-hybridized carbons (Fsp3) is 0.588. The molecular formula is C17H24FN3O2. The lowest BCUT2D eigenvalue weighted by Gasteiger charge is -2.39. The number of ketones is 1. The number of aromatic nitrogens is 1. The number of nitrogens with zero attached hydrogens (tertiary/aromatic N) is 3. The molecule has 23 heavy (non-hydrogen) atoms. The van der Waals surface area contributed by atoms with E-state index in [4.69, 9.17) is 0 Å². The summed E-state index contributed by atoms with van der Waals surface area (Å²) in [6.45, 7) is 7.91. The Bertz CT molecular complexity index is 564. The Morgan fingerprint density at radius 1 is 1.22 bits per heavy atom. The predicted molar refractivity (Wildman–Crippen MR) is 86.7 cm³/mol. The number of amides is 1. The number of anilines is 1. The molecule has 126 valence electrons. The molecule has 0 radical (unpaired) electrons. The third-order valence-electron chi connectivity index (χ3n) is 4.28. The molecule has 1 fully saturated rings. The number of Topliss-reactive ketones (excluding diaryl/α,β-unsaturated/α-hetero) is 1. The van der Waals surface area contributed by atoms with Crippen molar-refractivity contribution in [1.29, 1.82) is 0 Å². The lowest BCUT2D eigenvalue weighted by atomic mass is 9.85. The molecule has 0 aromatic carbocycles. The second-order valence-corrected chi connectivity index (χ2v) is 6.70. The lowest BCUT2D eigenvalue weighted by molar-refractivity contribution is -0.141. The fourth-order valence-electron chi connectivity index (χ4n) is 2.72. The summed E-state index contributed by atoms with van der Waals surface area (Å²) in [7, 11) is 0. The first kappa shape index (κ1) is 17.4. The predicted octanol–water partition coefficient (Wildman–Crippen LogP) is 2.26. The molecule has 5 nitrogen and oxygen atoms in total. The minimum absolute atomic E-state index is 0.0884. The van der Waals surface area contributed by atoms with Crippen LogP contribution in [0, 0.1) is 11.2 Å². The van der Waals surface area contributed by atoms with Gasteiger partial charge in [0.2, 0.25) is 5.91 Å². The Morgan fingerprint density at radius 3 is 2.39 bits per heavy atom. The number of carbonyl (C=O) groups excluding carboxylic acids is 2. The van der Waals surface area contributed by atoms with Gasteiger partial charge in [-0.05, 0) is 25.5 Å². The molecular weight excluding hydrogens is 297 g/mol. The maximum atomic E-state index is 12.9. The van der Waals surface area contributed by atoms with Crippen molar-refractivity contribution in [2.45, 2.75) is 33.6 Å². The molecule has 2 heterocycles. The summed E-state index contributed by atoms with van der Waals surface area (Å²) in [5.74, 6) is 0.577. The van der Waals surface area contributed by atoms with E-state index in [1.54, 1.807) is 13.0 Å². The van der Waals surface area contributed by atoms with Gasteiger partial charge in [-0.2, -0.15) is 0 Å². The van der Waals surface area contributed by atoms with Crippen LogP contribution >= 0.6 is 0 Å². The van der Waals surface area contributed by atoms with E-state index in [0.717, 1.165) is 5.82 Å². The van der Waals surface area contributed by atoms with E-state index in [2.05, 4.69) is 4.98 Å². The average Bonchev–Trinajstić information content (AvgIpc) is 2.53. The fourth-order valence-corrected chi connectivity index (χ4v) is 2.72. The Hall–Kier alpha value is -1.98. The highest BCUT2D eigenvalue weighted by atomic mass is 19.1. The Kier molecular flexibility index (Phi) is 5.34. The smallest absolute Gasteiger partial charge is 0.228 e. The first-order chi connectivity index (χ1) is 10.8. The zero-order chi connectivity index (χ0) is 17.0. The van der Waals surface area contributed by atoms with E-state index in [1.807, 2.05) is 23.6 Å². The molecule has 0 bridgehead atoms. The van der Waals surface area contributed by atoms with Crippen LogP contribution in [-0.4, -0.2) is 47.8 Å². The van der Waals surface area contributed by atoms with Gasteiger partial charge in [-0.1, -0.05) is 13.8 Å². The number of hydrogen-bond donors (Lipinski definition) is 0. The number of rotatable bonds is 5. The van der Waals surface area contributed by atoms with Crippen LogP contribution in [0.4, 0.5) is 10.2 Å². The number of halogens is 1. The summed E-state index contributed by atoms with van der Waals surface area (Å²) in [5, 5.41) is 0. The summed E-state index contributed by atoms with van der Waals surface area (Å²) >= 11 is 0. The van der Waals surface area contributed by atoms with Crippen molar-refractivity contribution in [3.8, 4) is 0 Å². The summed E-state index contributed by atoms with van der Waals surface area (Å²) in [5.41, 5.74) is -0.526. The highest BCUT2D eigenvalue weighted by Crippen LogP contribution is 2.26. The minimum Gasteiger partial charge on any atom is -0.353 e. The van der Waals surface area contributed by atoms with Gasteiger partial charge in [-0.25, -0.2) is 9.37 Å². The number of carbonyl (C=O) groups is 2. The Morgan fingerprint density at radius 2 is 1.87 bits per heavy atom. The van der Waals surface area contributed by atoms with Crippen LogP contribution in [0.1, 0.15) is 33.6 Å². The van der Waals surface area contributed by atoms with Gasteiger partial charge in [-0.15, -0.1) is 0 Å². The monoisotopic (exact) mass is 321 g/mol. The van der Waals surface area contributed by atoms with Gasteiger partial charge in [0.15, 0.2) is 0 Å². The van der Waals surface area contributed by atoms with Crippen LogP contribution in [0.25, 0.3) is 0 Å². The van der Waals surface area contributed by atoms with Crippen LogP contribution in [0.15, 0.2) is 18.3 Å². The largest absolute Gasteiger partial charge is 0.353 e. The molecule has 0 saturated carbocycles. The van der Waals surface area contributed by atoms with Gasteiger partial charge in [-0.3, -0.25) is 4.79 Å². The van der Waals surface area contributed by atoms with E-state index in [-0.39, 0.29) is 17.5 Å². The molecule has 1 aromatic rings. The molecule has 0 aliphatic carbocycles. The van der Waals surface area contributed by atoms with Crippen LogP contribution in [0.5, 0.6) is 0 Å². The molecule has 6 heteroatoms. The average molecular weight is 321 g/mol. The quantitative estimate of drug-likeness (QED) is 0.835. The zero-order valence-electron chi connectivity index (χ0n) is 14.0. The van der Waals surface area contributed by atoms with Crippen molar-refractivity contribution in [2.75, 3.05) is 31.1 Å². The molecule has 1 saturated heterocycles. The maximum Gasteiger partial charge on any atom is 0.228 e. The van der Waals surface area contributed by atoms with Gasteiger partial charge in [0, 0.05) is 38.0 Å². The Labute approximate surface area is 136 Å². The van der Waals surface area contributed by atoms with Gasteiger partial charge in [0.1, 0.15) is 17.4 Å². The van der Waals surface area contributed by atoms with Crippen molar-refractivity contribution in [3.63, 3.8) is 0 Å². The second kappa shape index (κ2) is 7.06. The van der Waals surface area contributed by atoms with E-state index in [9.17, 15) is 14.0 Å². The molecule has 0 unspecified atom stereocenters. The van der Waals surface area contributed by atoms with Gasteiger partial charge >= 0.3 is 0 Å². The number of pyridine rings is 1. The van der Waals surface area contributed by atoms with E-state index < -0.39 is 5.41 Å².